The Labute approximate surface area is 170 Å². The first-order valence-corrected chi connectivity index (χ1v) is 10.3. The minimum atomic E-state index is 0.00295. The SMILES string of the molecule is CCN(Cc1ccccc1)C(=O)c1cccc(SCC(=O)c2ccccc2)c1. The maximum atomic E-state index is 12.9. The number of carbonyl (C=O) groups is 2. The van der Waals surface area contributed by atoms with Crippen LogP contribution in [-0.4, -0.2) is 28.9 Å². The van der Waals surface area contributed by atoms with Crippen molar-refractivity contribution < 1.29 is 9.59 Å². The van der Waals surface area contributed by atoms with Gasteiger partial charge in [-0.05, 0) is 30.7 Å². The molecule has 0 aliphatic rings. The number of amides is 1. The second-order valence-corrected chi connectivity index (χ2v) is 7.46. The van der Waals surface area contributed by atoms with Crippen LogP contribution >= 0.6 is 11.8 Å². The molecule has 1 amide bonds. The molecule has 0 atom stereocenters. The molecular weight excluding hydrogens is 366 g/mol. The van der Waals surface area contributed by atoms with E-state index in [9.17, 15) is 9.59 Å². The molecule has 0 unspecified atom stereocenters. The predicted octanol–water partition coefficient (Wildman–Crippen LogP) is 5.32. The minimum absolute atomic E-state index is 0.00295. The molecule has 3 aromatic carbocycles. The average molecular weight is 390 g/mol. The quantitative estimate of drug-likeness (QED) is 0.386. The first kappa shape index (κ1) is 19.9. The summed E-state index contributed by atoms with van der Waals surface area (Å²) in [5.74, 6) is 0.438. The van der Waals surface area contributed by atoms with Gasteiger partial charge in [0, 0.05) is 29.1 Å². The summed E-state index contributed by atoms with van der Waals surface area (Å²) in [6, 6.07) is 26.8. The molecule has 0 heterocycles. The third-order valence-electron chi connectivity index (χ3n) is 4.43. The Morgan fingerprint density at radius 3 is 2.14 bits per heavy atom. The number of ketones is 1. The summed E-state index contributed by atoms with van der Waals surface area (Å²) >= 11 is 1.46. The number of nitrogens with zero attached hydrogens (tertiary/aromatic N) is 1. The highest BCUT2D eigenvalue weighted by molar-refractivity contribution is 8.00. The number of rotatable bonds is 8. The van der Waals surface area contributed by atoms with Gasteiger partial charge >= 0.3 is 0 Å². The highest BCUT2D eigenvalue weighted by atomic mass is 32.2. The van der Waals surface area contributed by atoms with Crippen LogP contribution < -0.4 is 0 Å². The Kier molecular flexibility index (Phi) is 7.04. The molecule has 0 spiro atoms. The summed E-state index contributed by atoms with van der Waals surface area (Å²) in [6.07, 6.45) is 0. The van der Waals surface area contributed by atoms with E-state index in [0.29, 0.717) is 30.0 Å². The molecule has 142 valence electrons. The fourth-order valence-electron chi connectivity index (χ4n) is 2.89. The molecule has 0 aliphatic carbocycles. The zero-order valence-corrected chi connectivity index (χ0v) is 16.7. The summed E-state index contributed by atoms with van der Waals surface area (Å²) in [4.78, 5) is 28.0. The van der Waals surface area contributed by atoms with Crippen molar-refractivity contribution in [2.45, 2.75) is 18.4 Å². The smallest absolute Gasteiger partial charge is 0.254 e. The van der Waals surface area contributed by atoms with Crippen LogP contribution in [0.5, 0.6) is 0 Å². The second kappa shape index (κ2) is 9.90. The standard InChI is InChI=1S/C24H23NO2S/c1-2-25(17-19-10-5-3-6-11-19)24(27)21-14-9-15-22(16-21)28-18-23(26)20-12-7-4-8-13-20/h3-16H,2,17-18H2,1H3. The molecule has 4 heteroatoms. The third-order valence-corrected chi connectivity index (χ3v) is 5.43. The van der Waals surface area contributed by atoms with Crippen LogP contribution in [0.25, 0.3) is 0 Å². The van der Waals surface area contributed by atoms with Crippen molar-refractivity contribution >= 4 is 23.5 Å². The predicted molar refractivity (Wildman–Crippen MR) is 115 cm³/mol. The Morgan fingerprint density at radius 2 is 1.46 bits per heavy atom. The van der Waals surface area contributed by atoms with Crippen molar-refractivity contribution in [3.63, 3.8) is 0 Å². The fourth-order valence-corrected chi connectivity index (χ4v) is 3.74. The van der Waals surface area contributed by atoms with Crippen molar-refractivity contribution in [1.82, 2.24) is 4.90 Å². The fraction of sp³-hybridized carbons (Fsp3) is 0.167. The summed E-state index contributed by atoms with van der Waals surface area (Å²) in [7, 11) is 0. The Hall–Kier alpha value is -2.85. The van der Waals surface area contributed by atoms with E-state index < -0.39 is 0 Å². The van der Waals surface area contributed by atoms with E-state index in [0.717, 1.165) is 10.5 Å². The van der Waals surface area contributed by atoms with Crippen LogP contribution in [0.3, 0.4) is 0 Å². The van der Waals surface area contributed by atoms with Crippen LogP contribution in [-0.2, 0) is 6.54 Å². The van der Waals surface area contributed by atoms with Gasteiger partial charge in [-0.1, -0.05) is 66.7 Å². The molecule has 0 bridgehead atoms. The summed E-state index contributed by atoms with van der Waals surface area (Å²) in [6.45, 7) is 3.20. The van der Waals surface area contributed by atoms with Gasteiger partial charge in [-0.15, -0.1) is 11.8 Å². The molecule has 0 aliphatic heterocycles. The highest BCUT2D eigenvalue weighted by Gasteiger charge is 2.15. The van der Waals surface area contributed by atoms with Gasteiger partial charge in [0.2, 0.25) is 0 Å². The van der Waals surface area contributed by atoms with Crippen LogP contribution in [0.4, 0.5) is 0 Å². The maximum absolute atomic E-state index is 12.9. The monoisotopic (exact) mass is 389 g/mol. The van der Waals surface area contributed by atoms with Gasteiger partial charge in [-0.2, -0.15) is 0 Å². The molecule has 3 rings (SSSR count). The first-order chi connectivity index (χ1) is 13.7. The van der Waals surface area contributed by atoms with Crippen molar-refractivity contribution in [1.29, 1.82) is 0 Å². The lowest BCUT2D eigenvalue weighted by Gasteiger charge is -2.21. The Bertz CT molecular complexity index is 926. The number of Topliss-reactive ketones (excluding diaryl/α,β-unsaturated/α-hetero) is 1. The number of hydrogen-bond acceptors (Lipinski definition) is 3. The van der Waals surface area contributed by atoms with E-state index in [-0.39, 0.29) is 11.7 Å². The second-order valence-electron chi connectivity index (χ2n) is 6.41. The van der Waals surface area contributed by atoms with Crippen molar-refractivity contribution in [3.05, 3.63) is 102 Å². The molecule has 0 fully saturated rings. The van der Waals surface area contributed by atoms with Gasteiger partial charge in [0.25, 0.3) is 5.91 Å². The van der Waals surface area contributed by atoms with Gasteiger partial charge in [-0.25, -0.2) is 0 Å². The molecular formula is C24H23NO2S. The van der Waals surface area contributed by atoms with Crippen molar-refractivity contribution in [3.8, 4) is 0 Å². The van der Waals surface area contributed by atoms with E-state index in [1.165, 1.54) is 11.8 Å². The number of thioether (sulfide) groups is 1. The van der Waals surface area contributed by atoms with E-state index in [2.05, 4.69) is 0 Å². The lowest BCUT2D eigenvalue weighted by Crippen LogP contribution is -2.30. The van der Waals surface area contributed by atoms with E-state index >= 15 is 0 Å². The van der Waals surface area contributed by atoms with Gasteiger partial charge in [0.15, 0.2) is 5.78 Å². The lowest BCUT2D eigenvalue weighted by atomic mass is 10.1. The lowest BCUT2D eigenvalue weighted by molar-refractivity contribution is 0.0752. The zero-order valence-electron chi connectivity index (χ0n) is 15.9. The number of hydrogen-bond donors (Lipinski definition) is 0. The van der Waals surface area contributed by atoms with E-state index in [1.54, 1.807) is 0 Å². The Morgan fingerprint density at radius 1 is 0.821 bits per heavy atom. The van der Waals surface area contributed by atoms with Crippen LogP contribution in [0, 0.1) is 0 Å². The number of benzene rings is 3. The first-order valence-electron chi connectivity index (χ1n) is 9.31. The molecule has 0 aromatic heterocycles. The van der Waals surface area contributed by atoms with Gasteiger partial charge in [0.1, 0.15) is 0 Å². The zero-order chi connectivity index (χ0) is 19.8. The van der Waals surface area contributed by atoms with Crippen LogP contribution in [0.15, 0.2) is 89.8 Å². The minimum Gasteiger partial charge on any atom is -0.335 e. The van der Waals surface area contributed by atoms with Gasteiger partial charge in [0.05, 0.1) is 5.75 Å². The van der Waals surface area contributed by atoms with Gasteiger partial charge in [-0.3, -0.25) is 9.59 Å². The molecule has 3 nitrogen and oxygen atoms in total. The summed E-state index contributed by atoms with van der Waals surface area (Å²) in [5, 5.41) is 0. The number of carbonyl (C=O) groups excluding carboxylic acids is 2. The maximum Gasteiger partial charge on any atom is 0.254 e. The largest absolute Gasteiger partial charge is 0.335 e. The van der Waals surface area contributed by atoms with E-state index in [1.807, 2.05) is 96.8 Å². The summed E-state index contributed by atoms with van der Waals surface area (Å²) in [5.41, 5.74) is 2.47. The molecule has 0 N–H and O–H groups in total. The van der Waals surface area contributed by atoms with Crippen LogP contribution in [0.1, 0.15) is 33.2 Å². The topological polar surface area (TPSA) is 37.4 Å². The molecule has 28 heavy (non-hydrogen) atoms. The molecule has 3 aromatic rings. The van der Waals surface area contributed by atoms with E-state index in [4.69, 9.17) is 0 Å². The van der Waals surface area contributed by atoms with Crippen molar-refractivity contribution in [2.24, 2.45) is 0 Å². The normalized spacial score (nSPS) is 10.5. The van der Waals surface area contributed by atoms with Crippen molar-refractivity contribution in [2.75, 3.05) is 12.3 Å². The molecule has 0 saturated carbocycles. The van der Waals surface area contributed by atoms with Crippen LogP contribution in [0.2, 0.25) is 0 Å². The Balaban J connectivity index is 1.66. The highest BCUT2D eigenvalue weighted by Crippen LogP contribution is 2.22. The molecule has 0 saturated heterocycles. The summed E-state index contributed by atoms with van der Waals surface area (Å²) < 4.78 is 0. The average Bonchev–Trinajstić information content (AvgIpc) is 2.77. The third kappa shape index (κ3) is 5.33. The molecule has 0 radical (unpaired) electrons. The van der Waals surface area contributed by atoms with Gasteiger partial charge < -0.3 is 4.90 Å².